The Morgan fingerprint density at radius 3 is 2.24 bits per heavy atom. The van der Waals surface area contributed by atoms with Gasteiger partial charge in [-0.05, 0) is 52.4 Å². The molecule has 0 bridgehead atoms. The molecule has 0 atom stereocenters. The third-order valence-electron chi connectivity index (χ3n) is 6.14. The van der Waals surface area contributed by atoms with Crippen LogP contribution in [0, 0.1) is 0 Å². The molecule has 0 saturated carbocycles. The number of alkyl halides is 3. The summed E-state index contributed by atoms with van der Waals surface area (Å²) >= 11 is 0. The fraction of sp³-hybridized carbons (Fsp3) is 0.103. The number of rotatable bonds is 5. The van der Waals surface area contributed by atoms with Crippen LogP contribution in [0.4, 0.5) is 13.2 Å². The van der Waals surface area contributed by atoms with Crippen molar-refractivity contribution in [3.05, 3.63) is 114 Å². The number of para-hydroxylation sites is 1. The molecule has 5 aromatic rings. The van der Waals surface area contributed by atoms with Gasteiger partial charge in [0.25, 0.3) is 0 Å². The zero-order chi connectivity index (χ0) is 26.2. The van der Waals surface area contributed by atoms with Crippen LogP contribution in [0.3, 0.4) is 0 Å². The van der Waals surface area contributed by atoms with Gasteiger partial charge in [-0.3, -0.25) is 9.97 Å². The molecule has 8 heteroatoms. The van der Waals surface area contributed by atoms with Crippen molar-refractivity contribution in [2.75, 3.05) is 6.26 Å². The van der Waals surface area contributed by atoms with E-state index in [1.54, 1.807) is 24.4 Å². The van der Waals surface area contributed by atoms with Crippen molar-refractivity contribution in [1.29, 1.82) is 0 Å². The maximum Gasteiger partial charge on any atom is 0.418 e. The van der Waals surface area contributed by atoms with E-state index in [9.17, 15) is 21.6 Å². The van der Waals surface area contributed by atoms with Crippen LogP contribution in [-0.4, -0.2) is 24.6 Å². The van der Waals surface area contributed by atoms with Crippen LogP contribution < -0.4 is 0 Å². The molecule has 0 unspecified atom stereocenters. The van der Waals surface area contributed by atoms with Gasteiger partial charge in [-0.25, -0.2) is 8.42 Å². The first-order valence-electron chi connectivity index (χ1n) is 11.4. The molecule has 0 saturated heterocycles. The summed E-state index contributed by atoms with van der Waals surface area (Å²) in [5, 5.41) is 0.392. The summed E-state index contributed by atoms with van der Waals surface area (Å²) < 4.78 is 65.6. The fourth-order valence-electron chi connectivity index (χ4n) is 4.42. The van der Waals surface area contributed by atoms with Gasteiger partial charge >= 0.3 is 6.18 Å². The van der Waals surface area contributed by atoms with Crippen LogP contribution in [0.25, 0.3) is 33.2 Å². The molecule has 186 valence electrons. The van der Waals surface area contributed by atoms with E-state index in [1.165, 1.54) is 18.5 Å². The molecule has 0 radical (unpaired) electrons. The number of halogens is 3. The number of aromatic nitrogens is 2. The molecule has 0 aliphatic heterocycles. The predicted octanol–water partition coefficient (Wildman–Crippen LogP) is 6.98. The van der Waals surface area contributed by atoms with Gasteiger partial charge < -0.3 is 0 Å². The molecule has 2 aromatic heterocycles. The van der Waals surface area contributed by atoms with Crippen LogP contribution in [0.2, 0.25) is 0 Å². The number of hydrogen-bond donors (Lipinski definition) is 0. The minimum atomic E-state index is -4.55. The molecule has 0 N–H and O–H groups in total. The van der Waals surface area contributed by atoms with Gasteiger partial charge in [-0.1, -0.05) is 60.7 Å². The van der Waals surface area contributed by atoms with Crippen LogP contribution in [0.15, 0.2) is 102 Å². The Morgan fingerprint density at radius 1 is 0.784 bits per heavy atom. The summed E-state index contributed by atoms with van der Waals surface area (Å²) in [7, 11) is -3.46. The first kappa shape index (κ1) is 24.6. The van der Waals surface area contributed by atoms with Crippen molar-refractivity contribution in [1.82, 2.24) is 9.97 Å². The predicted molar refractivity (Wildman–Crippen MR) is 138 cm³/mol. The second-order valence-electron chi connectivity index (χ2n) is 8.78. The Morgan fingerprint density at radius 2 is 1.51 bits per heavy atom. The molecular weight excluding hydrogens is 497 g/mol. The van der Waals surface area contributed by atoms with E-state index in [-0.39, 0.29) is 10.4 Å². The molecule has 0 spiro atoms. The average Bonchev–Trinajstić information content (AvgIpc) is 2.88. The van der Waals surface area contributed by atoms with Gasteiger partial charge in [0.2, 0.25) is 0 Å². The molecule has 37 heavy (non-hydrogen) atoms. The van der Waals surface area contributed by atoms with Crippen molar-refractivity contribution >= 4 is 20.7 Å². The lowest BCUT2D eigenvalue weighted by Crippen LogP contribution is -2.07. The monoisotopic (exact) mass is 518 g/mol. The third kappa shape index (κ3) is 5.11. The lowest BCUT2D eigenvalue weighted by atomic mass is 9.90. The SMILES string of the molecule is CS(=O)(=O)c1cncc(-c2cccc(-c3c(Cc4ccccc4)cnc4c(C(F)(F)F)cccc34)c2)c1. The van der Waals surface area contributed by atoms with Crippen LogP contribution in [-0.2, 0) is 22.4 Å². The molecule has 4 nitrogen and oxygen atoms in total. The Kier molecular flexibility index (Phi) is 6.29. The van der Waals surface area contributed by atoms with Gasteiger partial charge in [-0.15, -0.1) is 0 Å². The molecule has 3 aromatic carbocycles. The Hall–Kier alpha value is -4.04. The number of pyridine rings is 2. The summed E-state index contributed by atoms with van der Waals surface area (Å²) in [4.78, 5) is 8.42. The lowest BCUT2D eigenvalue weighted by Gasteiger charge is -2.17. The molecular formula is C29H21F3N2O2S. The van der Waals surface area contributed by atoms with E-state index in [2.05, 4.69) is 9.97 Å². The Labute approximate surface area is 212 Å². The second kappa shape index (κ2) is 9.44. The summed E-state index contributed by atoms with van der Waals surface area (Å²) in [5.41, 5.74) is 3.48. The number of nitrogens with zero attached hydrogens (tertiary/aromatic N) is 2. The largest absolute Gasteiger partial charge is 0.418 e. The van der Waals surface area contributed by atoms with Crippen molar-refractivity contribution in [2.45, 2.75) is 17.5 Å². The van der Waals surface area contributed by atoms with Crippen LogP contribution in [0.5, 0.6) is 0 Å². The summed E-state index contributed by atoms with van der Waals surface area (Å²) in [6.45, 7) is 0. The second-order valence-corrected chi connectivity index (χ2v) is 10.8. The normalized spacial score (nSPS) is 12.1. The number of fused-ring (bicyclic) bond motifs is 1. The fourth-order valence-corrected chi connectivity index (χ4v) is 5.01. The smallest absolute Gasteiger partial charge is 0.263 e. The minimum Gasteiger partial charge on any atom is -0.263 e. The zero-order valence-corrected chi connectivity index (χ0v) is 20.5. The summed E-state index contributed by atoms with van der Waals surface area (Å²) in [6, 6.07) is 22.5. The van der Waals surface area contributed by atoms with Crippen molar-refractivity contribution in [3.63, 3.8) is 0 Å². The molecule has 0 amide bonds. The summed E-state index contributed by atoms with van der Waals surface area (Å²) in [6.07, 6.45) is 1.40. The molecule has 0 fully saturated rings. The van der Waals surface area contributed by atoms with Crippen molar-refractivity contribution in [2.24, 2.45) is 0 Å². The average molecular weight is 519 g/mol. The van der Waals surface area contributed by atoms with Gasteiger partial charge in [0.05, 0.1) is 16.0 Å². The van der Waals surface area contributed by atoms with E-state index >= 15 is 0 Å². The zero-order valence-electron chi connectivity index (χ0n) is 19.7. The summed E-state index contributed by atoms with van der Waals surface area (Å²) in [5.74, 6) is 0. The third-order valence-corrected chi connectivity index (χ3v) is 7.22. The topological polar surface area (TPSA) is 59.9 Å². The molecule has 0 aliphatic carbocycles. The van der Waals surface area contributed by atoms with Gasteiger partial charge in [0.1, 0.15) is 0 Å². The molecule has 2 heterocycles. The first-order valence-corrected chi connectivity index (χ1v) is 13.3. The molecule has 0 aliphatic rings. The lowest BCUT2D eigenvalue weighted by molar-refractivity contribution is -0.136. The maximum absolute atomic E-state index is 13.8. The van der Waals surface area contributed by atoms with Crippen molar-refractivity contribution in [3.8, 4) is 22.3 Å². The highest BCUT2D eigenvalue weighted by Gasteiger charge is 2.33. The van der Waals surface area contributed by atoms with Gasteiger partial charge in [0.15, 0.2) is 9.84 Å². The van der Waals surface area contributed by atoms with E-state index in [4.69, 9.17) is 0 Å². The standard InChI is InChI=1S/C29H21F3N2O2S/c1-37(35,36)24-15-22(16-33-18-24)20-9-5-10-21(14-20)27-23(13-19-7-3-2-4-8-19)17-34-28-25(27)11-6-12-26(28)29(30,31)32/h2-12,14-18H,13H2,1H3. The maximum atomic E-state index is 13.8. The number of sulfone groups is 1. The van der Waals surface area contributed by atoms with Gasteiger partial charge in [0, 0.05) is 35.8 Å². The Balaban J connectivity index is 1.74. The van der Waals surface area contributed by atoms with Crippen LogP contribution in [0.1, 0.15) is 16.7 Å². The van der Waals surface area contributed by atoms with E-state index < -0.39 is 21.6 Å². The number of benzene rings is 3. The van der Waals surface area contributed by atoms with Gasteiger partial charge in [-0.2, -0.15) is 13.2 Å². The van der Waals surface area contributed by atoms with E-state index in [0.717, 1.165) is 23.4 Å². The first-order chi connectivity index (χ1) is 17.6. The highest BCUT2D eigenvalue weighted by molar-refractivity contribution is 7.90. The number of hydrogen-bond acceptors (Lipinski definition) is 4. The minimum absolute atomic E-state index is 0.0874. The Bertz CT molecular complexity index is 1720. The van der Waals surface area contributed by atoms with Crippen LogP contribution >= 0.6 is 0 Å². The quantitative estimate of drug-likeness (QED) is 0.252. The highest BCUT2D eigenvalue weighted by atomic mass is 32.2. The van der Waals surface area contributed by atoms with Crippen molar-refractivity contribution < 1.29 is 21.6 Å². The molecule has 5 rings (SSSR count). The van der Waals surface area contributed by atoms with E-state index in [1.807, 2.05) is 48.5 Å². The highest BCUT2D eigenvalue weighted by Crippen LogP contribution is 2.39. The van der Waals surface area contributed by atoms with E-state index in [0.29, 0.717) is 34.1 Å².